The van der Waals surface area contributed by atoms with Gasteiger partial charge in [0.1, 0.15) is 28.5 Å². The number of carboxylic acid groups (broad SMARTS) is 1. The zero-order valence-corrected chi connectivity index (χ0v) is 25.5. The molecule has 0 fully saturated rings. The predicted molar refractivity (Wildman–Crippen MR) is 169 cm³/mol. The molecule has 5 nitrogen and oxygen atoms in total. The third-order valence-corrected chi connectivity index (χ3v) is 9.51. The van der Waals surface area contributed by atoms with E-state index in [0.717, 1.165) is 55.1 Å². The van der Waals surface area contributed by atoms with Gasteiger partial charge in [0.2, 0.25) is 11.0 Å². The van der Waals surface area contributed by atoms with Crippen LogP contribution in [0.2, 0.25) is 10.0 Å². The Hall–Kier alpha value is -3.23. The van der Waals surface area contributed by atoms with Crippen LogP contribution in [0.4, 0.5) is 5.69 Å². The lowest BCUT2D eigenvalue weighted by Crippen LogP contribution is -2.36. The molecule has 2 heterocycles. The maximum Gasteiger partial charge on any atom is 0.326 e. The van der Waals surface area contributed by atoms with Crippen molar-refractivity contribution in [2.75, 3.05) is 4.90 Å². The Balaban J connectivity index is 1.43. The Labute approximate surface area is 251 Å². The summed E-state index contributed by atoms with van der Waals surface area (Å²) in [7, 11) is 0. The molecule has 5 aromatic rings. The van der Waals surface area contributed by atoms with Crippen LogP contribution in [0, 0.1) is 0 Å². The second-order valence-electron chi connectivity index (χ2n) is 9.26. The molecule has 5 rings (SSSR count). The average Bonchev–Trinajstić information content (AvgIpc) is 3.48. The van der Waals surface area contributed by atoms with Gasteiger partial charge in [0.05, 0.1) is 0 Å². The first-order chi connectivity index (χ1) is 19.3. The van der Waals surface area contributed by atoms with E-state index in [1.807, 2.05) is 66.9 Å². The highest BCUT2D eigenvalue weighted by molar-refractivity contribution is 7.19. The molecule has 2 aromatic heterocycles. The van der Waals surface area contributed by atoms with E-state index in [2.05, 4.69) is 41.2 Å². The minimum absolute atomic E-state index is 0.694. The van der Waals surface area contributed by atoms with Crippen LogP contribution in [-0.4, -0.2) is 17.1 Å². The normalized spacial score (nSPS) is 12.7. The molecule has 1 unspecified atom stereocenters. The molecule has 9 heteroatoms. The van der Waals surface area contributed by atoms with E-state index < -0.39 is 12.0 Å². The monoisotopic (exact) mass is 609 g/mol. The van der Waals surface area contributed by atoms with Crippen LogP contribution < -0.4 is 14.0 Å². The minimum Gasteiger partial charge on any atom is -0.480 e. The number of benzene rings is 3. The Morgan fingerprint density at radius 1 is 0.850 bits per heavy atom. The SMILES string of the molecule is CC[n+]1c(C=Cc2ccc(N(C=Cc3sc4ccc(Cl)cc4[n+]3CC)C(C)C(=O)O)cc2)sc2ccc(Cl)cc21. The Bertz CT molecular complexity index is 1760. The van der Waals surface area contributed by atoms with Crippen molar-refractivity contribution in [1.29, 1.82) is 0 Å². The molecule has 1 atom stereocenters. The van der Waals surface area contributed by atoms with E-state index in [9.17, 15) is 9.90 Å². The number of anilines is 1. The number of carbonyl (C=O) groups is 1. The topological polar surface area (TPSA) is 48.3 Å². The third-order valence-electron chi connectivity index (χ3n) is 6.78. The summed E-state index contributed by atoms with van der Waals surface area (Å²) in [5, 5.41) is 13.4. The maximum atomic E-state index is 12.0. The molecule has 40 heavy (non-hydrogen) atoms. The molecule has 204 valence electrons. The van der Waals surface area contributed by atoms with Crippen LogP contribution in [0.1, 0.15) is 36.3 Å². The van der Waals surface area contributed by atoms with Crippen LogP contribution in [0.3, 0.4) is 0 Å². The number of halogens is 2. The first-order valence-electron chi connectivity index (χ1n) is 13.0. The fourth-order valence-corrected chi connectivity index (χ4v) is 7.22. The number of aliphatic carboxylic acids is 1. The Morgan fingerprint density at radius 2 is 1.38 bits per heavy atom. The van der Waals surface area contributed by atoms with E-state index in [4.69, 9.17) is 23.2 Å². The summed E-state index contributed by atoms with van der Waals surface area (Å²) in [4.78, 5) is 13.8. The van der Waals surface area contributed by atoms with E-state index in [0.29, 0.717) is 5.02 Å². The quantitative estimate of drug-likeness (QED) is 0.171. The van der Waals surface area contributed by atoms with Crippen molar-refractivity contribution in [2.45, 2.75) is 39.9 Å². The molecule has 0 saturated carbocycles. The number of hydrogen-bond acceptors (Lipinski definition) is 4. The van der Waals surface area contributed by atoms with Crippen molar-refractivity contribution < 1.29 is 19.0 Å². The van der Waals surface area contributed by atoms with Gasteiger partial charge in [-0.1, -0.05) is 58.0 Å². The summed E-state index contributed by atoms with van der Waals surface area (Å²) < 4.78 is 6.76. The Morgan fingerprint density at radius 3 is 1.88 bits per heavy atom. The van der Waals surface area contributed by atoms with Crippen molar-refractivity contribution in [3.8, 4) is 0 Å². The van der Waals surface area contributed by atoms with Gasteiger partial charge in [-0.3, -0.25) is 0 Å². The second-order valence-corrected chi connectivity index (χ2v) is 12.3. The average molecular weight is 611 g/mol. The second kappa shape index (κ2) is 12.1. The van der Waals surface area contributed by atoms with Crippen molar-refractivity contribution in [1.82, 2.24) is 0 Å². The van der Waals surface area contributed by atoms with Crippen LogP contribution in [0.15, 0.2) is 66.9 Å². The van der Waals surface area contributed by atoms with Gasteiger partial charge in [-0.2, -0.15) is 9.13 Å². The number of hydrogen-bond donors (Lipinski definition) is 1. The highest BCUT2D eigenvalue weighted by Gasteiger charge is 2.22. The fourth-order valence-electron chi connectivity index (χ4n) is 4.68. The summed E-state index contributed by atoms with van der Waals surface area (Å²) >= 11 is 15.9. The van der Waals surface area contributed by atoms with Gasteiger partial charge >= 0.3 is 5.97 Å². The van der Waals surface area contributed by atoms with E-state index >= 15 is 0 Å². The van der Waals surface area contributed by atoms with Crippen molar-refractivity contribution in [3.63, 3.8) is 0 Å². The molecule has 3 aromatic carbocycles. The maximum absolute atomic E-state index is 12.0. The summed E-state index contributed by atoms with van der Waals surface area (Å²) in [6.45, 7) is 7.53. The number of fused-ring (bicyclic) bond motifs is 2. The molecule has 0 aliphatic rings. The number of thiazole rings is 2. The number of aryl methyl sites for hydroxylation is 2. The Kier molecular flexibility index (Phi) is 8.57. The van der Waals surface area contributed by atoms with Gasteiger partial charge in [-0.05, 0) is 68.8 Å². The molecule has 0 aliphatic carbocycles. The van der Waals surface area contributed by atoms with Crippen molar-refractivity contribution in [3.05, 3.63) is 92.5 Å². The summed E-state index contributed by atoms with van der Waals surface area (Å²) in [5.41, 5.74) is 4.03. The first kappa shape index (κ1) is 28.3. The van der Waals surface area contributed by atoms with Crippen molar-refractivity contribution >= 4 is 96.2 Å². The van der Waals surface area contributed by atoms with Gasteiger partial charge in [0.15, 0.2) is 0 Å². The number of nitrogens with zero attached hydrogens (tertiary/aromatic N) is 3. The smallest absolute Gasteiger partial charge is 0.326 e. The zero-order valence-electron chi connectivity index (χ0n) is 22.3. The molecular weight excluding hydrogens is 581 g/mol. The molecule has 1 N–H and O–H groups in total. The number of carboxylic acids is 1. The van der Waals surface area contributed by atoms with E-state index in [-0.39, 0.29) is 0 Å². The van der Waals surface area contributed by atoms with Crippen LogP contribution >= 0.6 is 45.9 Å². The van der Waals surface area contributed by atoms with Crippen molar-refractivity contribution in [2.24, 2.45) is 0 Å². The molecule has 0 aliphatic heterocycles. The van der Waals surface area contributed by atoms with Crippen LogP contribution in [-0.2, 0) is 17.9 Å². The molecule has 0 spiro atoms. The van der Waals surface area contributed by atoms with Crippen LogP contribution in [0.5, 0.6) is 0 Å². The summed E-state index contributed by atoms with van der Waals surface area (Å²) in [6.07, 6.45) is 8.03. The van der Waals surface area contributed by atoms with Gasteiger partial charge < -0.3 is 10.0 Å². The lowest BCUT2D eigenvalue weighted by Gasteiger charge is -2.24. The summed E-state index contributed by atoms with van der Waals surface area (Å²) in [6, 6.07) is 19.0. The van der Waals surface area contributed by atoms with Gasteiger partial charge in [0, 0.05) is 46.2 Å². The standard InChI is InChI=1S/C31H28Cl2N3O2S2/c1-4-34-25-18-22(32)9-13-27(25)39-29(34)15-8-21-6-11-24(12-7-21)36(20(3)31(37)38)17-16-30-35(5-2)26-19-23(33)10-14-28(26)40-30/h6-20H,4-5H2,1-3H3/q+1/p+1. The minimum atomic E-state index is -0.894. The lowest BCUT2D eigenvalue weighted by molar-refractivity contribution is -0.665. The number of rotatable bonds is 9. The van der Waals surface area contributed by atoms with Gasteiger partial charge in [-0.15, -0.1) is 0 Å². The predicted octanol–water partition coefficient (Wildman–Crippen LogP) is 8.16. The zero-order chi connectivity index (χ0) is 28.4. The molecular formula is C31H29Cl2N3O2S2+2. The molecule has 0 amide bonds. The molecule has 0 bridgehead atoms. The summed E-state index contributed by atoms with van der Waals surface area (Å²) in [5.74, 6) is -0.894. The largest absolute Gasteiger partial charge is 0.480 e. The molecule has 0 radical (unpaired) electrons. The fraction of sp³-hybridized carbons (Fsp3) is 0.194. The van der Waals surface area contributed by atoms with Gasteiger partial charge in [0.25, 0.3) is 10.0 Å². The first-order valence-corrected chi connectivity index (χ1v) is 15.4. The number of aromatic nitrogens is 2. The molecule has 0 saturated heterocycles. The lowest BCUT2D eigenvalue weighted by atomic mass is 10.1. The van der Waals surface area contributed by atoms with Gasteiger partial charge in [-0.25, -0.2) is 4.79 Å². The third kappa shape index (κ3) is 5.79. The highest BCUT2D eigenvalue weighted by Crippen LogP contribution is 2.27. The highest BCUT2D eigenvalue weighted by atomic mass is 35.5. The van der Waals surface area contributed by atoms with E-state index in [1.165, 1.54) is 4.70 Å². The van der Waals surface area contributed by atoms with Crippen LogP contribution in [0.25, 0.3) is 38.7 Å². The van der Waals surface area contributed by atoms with E-state index in [1.54, 1.807) is 34.5 Å².